The molecule has 0 aliphatic heterocycles. The number of hydrogen-bond donors (Lipinski definition) is 1. The minimum atomic E-state index is 0.0861. The predicted molar refractivity (Wildman–Crippen MR) is 60.2 cm³/mol. The van der Waals surface area contributed by atoms with E-state index in [0.717, 1.165) is 6.42 Å². The molecule has 3 heteroatoms. The molecule has 1 N–H and O–H groups in total. The summed E-state index contributed by atoms with van der Waals surface area (Å²) in [5.74, 6) is 0.0861. The van der Waals surface area contributed by atoms with E-state index in [0.29, 0.717) is 11.4 Å². The molecule has 1 unspecified atom stereocenters. The molecule has 78 valence electrons. The zero-order valence-corrected chi connectivity index (χ0v) is 10.2. The molecule has 0 aliphatic carbocycles. The van der Waals surface area contributed by atoms with Gasteiger partial charge in [0.1, 0.15) is 0 Å². The molecule has 0 saturated heterocycles. The van der Waals surface area contributed by atoms with E-state index >= 15 is 0 Å². The topological polar surface area (TPSA) is 29.1 Å². The van der Waals surface area contributed by atoms with Gasteiger partial charge >= 0.3 is 0 Å². The summed E-state index contributed by atoms with van der Waals surface area (Å²) < 4.78 is 0. The molecule has 2 nitrogen and oxygen atoms in total. The Bertz CT molecular complexity index is 139. The van der Waals surface area contributed by atoms with E-state index in [-0.39, 0.29) is 5.91 Å². The number of hydrogen-bond acceptors (Lipinski definition) is 1. The summed E-state index contributed by atoms with van der Waals surface area (Å²) in [6, 6.07) is 0.321. The Hall–Kier alpha value is -0.0500. The van der Waals surface area contributed by atoms with Crippen molar-refractivity contribution in [3.63, 3.8) is 0 Å². The van der Waals surface area contributed by atoms with Gasteiger partial charge in [0.15, 0.2) is 0 Å². The number of amides is 1. The molecule has 0 spiro atoms. The molecule has 0 radical (unpaired) electrons. The lowest BCUT2D eigenvalue weighted by Crippen LogP contribution is -2.33. The van der Waals surface area contributed by atoms with Crippen LogP contribution in [0.4, 0.5) is 0 Å². The summed E-state index contributed by atoms with van der Waals surface area (Å²) in [7, 11) is 0. The third kappa shape index (κ3) is 8.28. The maximum atomic E-state index is 11.0. The molecule has 13 heavy (non-hydrogen) atoms. The van der Waals surface area contributed by atoms with Crippen molar-refractivity contribution in [2.75, 3.05) is 5.33 Å². The van der Waals surface area contributed by atoms with Crippen molar-refractivity contribution in [2.24, 2.45) is 0 Å². The maximum absolute atomic E-state index is 11.0. The van der Waals surface area contributed by atoms with Gasteiger partial charge in [-0.25, -0.2) is 0 Å². The molecular weight excluding hydrogens is 230 g/mol. The second kappa shape index (κ2) is 8.54. The zero-order chi connectivity index (χ0) is 10.1. The van der Waals surface area contributed by atoms with Gasteiger partial charge in [-0.1, -0.05) is 48.5 Å². The smallest absolute Gasteiger partial charge is 0.230 e. The molecule has 0 saturated carbocycles. The van der Waals surface area contributed by atoms with Crippen LogP contribution < -0.4 is 5.32 Å². The molecular formula is C10H20BrNO. The van der Waals surface area contributed by atoms with Crippen LogP contribution in [0.2, 0.25) is 0 Å². The van der Waals surface area contributed by atoms with Gasteiger partial charge in [-0.05, 0) is 13.3 Å². The lowest BCUT2D eigenvalue weighted by Gasteiger charge is -2.12. The summed E-state index contributed by atoms with van der Waals surface area (Å²) in [4.78, 5) is 11.0. The fraction of sp³-hybridized carbons (Fsp3) is 0.900. The molecule has 0 aromatic carbocycles. The van der Waals surface area contributed by atoms with Crippen molar-refractivity contribution in [1.29, 1.82) is 0 Å². The zero-order valence-electron chi connectivity index (χ0n) is 8.61. The van der Waals surface area contributed by atoms with Gasteiger partial charge in [-0.2, -0.15) is 0 Å². The lowest BCUT2D eigenvalue weighted by molar-refractivity contribution is -0.119. The van der Waals surface area contributed by atoms with Crippen molar-refractivity contribution >= 4 is 21.8 Å². The van der Waals surface area contributed by atoms with E-state index in [1.165, 1.54) is 25.7 Å². The van der Waals surface area contributed by atoms with Crippen molar-refractivity contribution in [3.8, 4) is 0 Å². The second-order valence-electron chi connectivity index (χ2n) is 3.45. The Labute approximate surface area is 89.6 Å². The van der Waals surface area contributed by atoms with E-state index in [1.54, 1.807) is 0 Å². The number of alkyl halides is 1. The highest BCUT2D eigenvalue weighted by Crippen LogP contribution is 2.05. The fourth-order valence-electron chi connectivity index (χ4n) is 1.26. The van der Waals surface area contributed by atoms with Crippen LogP contribution >= 0.6 is 15.9 Å². The third-order valence-corrected chi connectivity index (χ3v) is 2.53. The summed E-state index contributed by atoms with van der Waals surface area (Å²) >= 11 is 3.12. The summed E-state index contributed by atoms with van der Waals surface area (Å²) in [5.41, 5.74) is 0. The lowest BCUT2D eigenvalue weighted by atomic mass is 10.1. The van der Waals surface area contributed by atoms with E-state index in [1.807, 2.05) is 0 Å². The Balaban J connectivity index is 3.29. The molecule has 1 atom stereocenters. The predicted octanol–water partition coefficient (Wildman–Crippen LogP) is 2.86. The largest absolute Gasteiger partial charge is 0.353 e. The molecule has 1 amide bonds. The van der Waals surface area contributed by atoms with Crippen LogP contribution in [0, 0.1) is 0 Å². The average molecular weight is 250 g/mol. The Kier molecular flexibility index (Phi) is 8.51. The molecule has 0 aromatic heterocycles. The quantitative estimate of drug-likeness (QED) is 0.546. The van der Waals surface area contributed by atoms with Crippen LogP contribution in [0.3, 0.4) is 0 Å². The summed E-state index contributed by atoms with van der Waals surface area (Å²) in [6.45, 7) is 4.27. The first-order valence-electron chi connectivity index (χ1n) is 5.06. The Morgan fingerprint density at radius 1 is 1.38 bits per heavy atom. The van der Waals surface area contributed by atoms with Crippen molar-refractivity contribution in [1.82, 2.24) is 5.32 Å². The van der Waals surface area contributed by atoms with Crippen LogP contribution in [0.1, 0.15) is 46.0 Å². The van der Waals surface area contributed by atoms with E-state index in [2.05, 4.69) is 35.1 Å². The standard InChI is InChI=1S/C10H20BrNO/c1-3-4-5-6-7-9(2)12-10(13)8-11/h9H,3-8H2,1-2H3,(H,12,13). The maximum Gasteiger partial charge on any atom is 0.230 e. The highest BCUT2D eigenvalue weighted by Gasteiger charge is 2.04. The van der Waals surface area contributed by atoms with Gasteiger partial charge in [0.05, 0.1) is 5.33 Å². The van der Waals surface area contributed by atoms with E-state index < -0.39 is 0 Å². The Morgan fingerprint density at radius 3 is 2.62 bits per heavy atom. The molecule has 0 heterocycles. The molecule has 0 aliphatic rings. The third-order valence-electron chi connectivity index (χ3n) is 2.02. The van der Waals surface area contributed by atoms with Crippen molar-refractivity contribution in [3.05, 3.63) is 0 Å². The van der Waals surface area contributed by atoms with Gasteiger partial charge in [0.2, 0.25) is 5.91 Å². The minimum absolute atomic E-state index is 0.0861. The number of carbonyl (C=O) groups is 1. The molecule has 0 aromatic rings. The van der Waals surface area contributed by atoms with Crippen molar-refractivity contribution in [2.45, 2.75) is 52.0 Å². The first-order chi connectivity index (χ1) is 6.20. The molecule has 0 fully saturated rings. The van der Waals surface area contributed by atoms with E-state index in [4.69, 9.17) is 0 Å². The SMILES string of the molecule is CCCCCCC(C)NC(=O)CBr. The van der Waals surface area contributed by atoms with Gasteiger partial charge < -0.3 is 5.32 Å². The number of rotatable bonds is 7. The monoisotopic (exact) mass is 249 g/mol. The van der Waals surface area contributed by atoms with Crippen LogP contribution in [0.25, 0.3) is 0 Å². The normalized spacial score (nSPS) is 12.5. The van der Waals surface area contributed by atoms with Crippen LogP contribution in [-0.2, 0) is 4.79 Å². The van der Waals surface area contributed by atoms with Crippen molar-refractivity contribution < 1.29 is 4.79 Å². The fourth-order valence-corrected chi connectivity index (χ4v) is 1.42. The first-order valence-corrected chi connectivity index (χ1v) is 6.18. The molecule has 0 bridgehead atoms. The average Bonchev–Trinajstić information content (AvgIpc) is 2.12. The number of nitrogens with one attached hydrogen (secondary N) is 1. The number of halogens is 1. The Morgan fingerprint density at radius 2 is 2.08 bits per heavy atom. The van der Waals surface area contributed by atoms with E-state index in [9.17, 15) is 4.79 Å². The van der Waals surface area contributed by atoms with Gasteiger partial charge in [0, 0.05) is 6.04 Å². The minimum Gasteiger partial charge on any atom is -0.353 e. The van der Waals surface area contributed by atoms with Gasteiger partial charge in [-0.3, -0.25) is 4.79 Å². The van der Waals surface area contributed by atoms with Gasteiger partial charge in [0.25, 0.3) is 0 Å². The highest BCUT2D eigenvalue weighted by molar-refractivity contribution is 9.09. The highest BCUT2D eigenvalue weighted by atomic mass is 79.9. The van der Waals surface area contributed by atoms with Crippen LogP contribution in [-0.4, -0.2) is 17.3 Å². The first kappa shape index (κ1) is 12.9. The van der Waals surface area contributed by atoms with Gasteiger partial charge in [-0.15, -0.1) is 0 Å². The number of unbranched alkanes of at least 4 members (excludes halogenated alkanes) is 3. The molecule has 0 rings (SSSR count). The summed E-state index contributed by atoms with van der Waals surface area (Å²) in [6.07, 6.45) is 6.17. The number of carbonyl (C=O) groups excluding carboxylic acids is 1. The summed E-state index contributed by atoms with van der Waals surface area (Å²) in [5, 5.41) is 3.33. The van der Waals surface area contributed by atoms with Crippen LogP contribution in [0.15, 0.2) is 0 Å². The second-order valence-corrected chi connectivity index (χ2v) is 4.01. The van der Waals surface area contributed by atoms with Crippen LogP contribution in [0.5, 0.6) is 0 Å².